The van der Waals surface area contributed by atoms with E-state index in [1.807, 2.05) is 12.1 Å². The lowest BCUT2D eigenvalue weighted by molar-refractivity contribution is 0.387. The molecule has 0 aliphatic rings. The Hall–Kier alpha value is -1.42. The Kier molecular flexibility index (Phi) is 2.92. The van der Waals surface area contributed by atoms with Gasteiger partial charge in [0.1, 0.15) is 5.82 Å². The maximum absolute atomic E-state index is 5.90. The second-order valence-electron chi connectivity index (χ2n) is 4.15. The Morgan fingerprint density at radius 2 is 2.12 bits per heavy atom. The average molecular weight is 218 g/mol. The third kappa shape index (κ3) is 1.59. The minimum atomic E-state index is -0.0410. The van der Waals surface area contributed by atoms with Crippen LogP contribution in [0.4, 0.5) is 0 Å². The van der Waals surface area contributed by atoms with Crippen molar-refractivity contribution in [3.8, 4) is 0 Å². The molecular formula is C12H18N4. The number of hydrogen-bond donors (Lipinski definition) is 2. The number of rotatable bonds is 4. The highest BCUT2D eigenvalue weighted by Gasteiger charge is 2.30. The molecule has 0 atom stereocenters. The van der Waals surface area contributed by atoms with E-state index in [1.165, 1.54) is 0 Å². The maximum Gasteiger partial charge on any atom is 0.177 e. The lowest BCUT2D eigenvalue weighted by Crippen LogP contribution is -2.35. The molecule has 0 saturated carbocycles. The largest absolute Gasteiger partial charge is 0.340 e. The first-order chi connectivity index (χ1) is 7.75. The van der Waals surface area contributed by atoms with E-state index in [-0.39, 0.29) is 5.41 Å². The van der Waals surface area contributed by atoms with Crippen LogP contribution in [-0.2, 0) is 5.41 Å². The summed E-state index contributed by atoms with van der Waals surface area (Å²) < 4.78 is 0. The molecule has 0 amide bonds. The summed E-state index contributed by atoms with van der Waals surface area (Å²) in [7, 11) is 0. The van der Waals surface area contributed by atoms with Crippen molar-refractivity contribution in [3.63, 3.8) is 0 Å². The van der Waals surface area contributed by atoms with Crippen LogP contribution < -0.4 is 5.73 Å². The van der Waals surface area contributed by atoms with Crippen LogP contribution in [0.3, 0.4) is 0 Å². The van der Waals surface area contributed by atoms with Gasteiger partial charge in [-0.3, -0.25) is 0 Å². The topological polar surface area (TPSA) is 67.6 Å². The summed E-state index contributed by atoms with van der Waals surface area (Å²) in [5.74, 6) is 0.966. The number of nitrogens with two attached hydrogens (primary N) is 1. The predicted octanol–water partition coefficient (Wildman–Crippen LogP) is 1.97. The molecule has 86 valence electrons. The maximum atomic E-state index is 5.90. The van der Waals surface area contributed by atoms with Gasteiger partial charge in [0.2, 0.25) is 0 Å². The summed E-state index contributed by atoms with van der Waals surface area (Å²) in [5, 5.41) is 0. The van der Waals surface area contributed by atoms with Crippen LogP contribution in [0, 0.1) is 0 Å². The first-order valence-electron chi connectivity index (χ1n) is 5.77. The van der Waals surface area contributed by atoms with Gasteiger partial charge in [-0.15, -0.1) is 0 Å². The number of aromatic nitrogens is 3. The van der Waals surface area contributed by atoms with Crippen molar-refractivity contribution in [2.24, 2.45) is 5.73 Å². The van der Waals surface area contributed by atoms with Crippen LogP contribution >= 0.6 is 0 Å². The highest BCUT2D eigenvalue weighted by molar-refractivity contribution is 5.70. The van der Waals surface area contributed by atoms with Gasteiger partial charge in [0, 0.05) is 18.2 Å². The third-order valence-electron chi connectivity index (χ3n) is 3.50. The van der Waals surface area contributed by atoms with E-state index in [0.717, 1.165) is 29.8 Å². The minimum absolute atomic E-state index is 0.0410. The Morgan fingerprint density at radius 3 is 2.69 bits per heavy atom. The van der Waals surface area contributed by atoms with Gasteiger partial charge in [0.25, 0.3) is 0 Å². The Morgan fingerprint density at radius 1 is 1.38 bits per heavy atom. The van der Waals surface area contributed by atoms with Crippen molar-refractivity contribution in [1.29, 1.82) is 0 Å². The van der Waals surface area contributed by atoms with E-state index < -0.39 is 0 Å². The first-order valence-corrected chi connectivity index (χ1v) is 5.77. The van der Waals surface area contributed by atoms with Gasteiger partial charge >= 0.3 is 0 Å². The van der Waals surface area contributed by atoms with Gasteiger partial charge in [0.05, 0.1) is 5.52 Å². The van der Waals surface area contributed by atoms with Crippen LogP contribution in [0.5, 0.6) is 0 Å². The molecule has 0 saturated heterocycles. The normalized spacial score (nSPS) is 12.2. The number of H-pyrrole nitrogens is 1. The molecule has 0 aliphatic heterocycles. The van der Waals surface area contributed by atoms with Crippen molar-refractivity contribution in [2.45, 2.75) is 32.1 Å². The molecule has 4 nitrogen and oxygen atoms in total. The van der Waals surface area contributed by atoms with Crippen molar-refractivity contribution < 1.29 is 0 Å². The molecule has 3 N–H and O–H groups in total. The number of fused-ring (bicyclic) bond motifs is 1. The van der Waals surface area contributed by atoms with Crippen molar-refractivity contribution in [3.05, 3.63) is 24.2 Å². The van der Waals surface area contributed by atoms with Gasteiger partial charge < -0.3 is 10.7 Å². The molecule has 0 aromatic carbocycles. The molecule has 0 spiro atoms. The van der Waals surface area contributed by atoms with Crippen molar-refractivity contribution >= 4 is 11.2 Å². The molecule has 0 unspecified atom stereocenters. The Bertz CT molecular complexity index is 429. The van der Waals surface area contributed by atoms with Crippen LogP contribution in [-0.4, -0.2) is 21.5 Å². The monoisotopic (exact) mass is 218 g/mol. The summed E-state index contributed by atoms with van der Waals surface area (Å²) in [4.78, 5) is 12.1. The number of hydrogen-bond acceptors (Lipinski definition) is 3. The fraction of sp³-hybridized carbons (Fsp3) is 0.500. The van der Waals surface area contributed by atoms with Crippen molar-refractivity contribution in [2.75, 3.05) is 6.54 Å². The molecule has 0 bridgehead atoms. The van der Waals surface area contributed by atoms with E-state index in [0.29, 0.717) is 6.54 Å². The number of imidazole rings is 1. The molecule has 2 aromatic rings. The fourth-order valence-corrected chi connectivity index (χ4v) is 2.07. The first kappa shape index (κ1) is 11.1. The highest BCUT2D eigenvalue weighted by atomic mass is 15.0. The number of pyridine rings is 1. The van der Waals surface area contributed by atoms with Crippen LogP contribution in [0.25, 0.3) is 11.2 Å². The second kappa shape index (κ2) is 4.22. The molecule has 0 fully saturated rings. The molecule has 16 heavy (non-hydrogen) atoms. The molecule has 4 heteroatoms. The zero-order chi connectivity index (χ0) is 11.6. The van der Waals surface area contributed by atoms with E-state index in [9.17, 15) is 0 Å². The van der Waals surface area contributed by atoms with Crippen molar-refractivity contribution in [1.82, 2.24) is 15.0 Å². The van der Waals surface area contributed by atoms with E-state index in [4.69, 9.17) is 5.73 Å². The van der Waals surface area contributed by atoms with Gasteiger partial charge in [-0.2, -0.15) is 0 Å². The summed E-state index contributed by atoms with van der Waals surface area (Å²) in [6.07, 6.45) is 3.73. The smallest absolute Gasteiger partial charge is 0.177 e. The van der Waals surface area contributed by atoms with Gasteiger partial charge in [-0.05, 0) is 25.0 Å². The molecule has 2 heterocycles. The van der Waals surface area contributed by atoms with Gasteiger partial charge in [0.15, 0.2) is 5.65 Å². The number of nitrogens with one attached hydrogen (secondary N) is 1. The summed E-state index contributed by atoms with van der Waals surface area (Å²) in [5.41, 5.74) is 7.62. The summed E-state index contributed by atoms with van der Waals surface area (Å²) >= 11 is 0. The predicted molar refractivity (Wildman–Crippen MR) is 65.2 cm³/mol. The molecule has 2 rings (SSSR count). The summed E-state index contributed by atoms with van der Waals surface area (Å²) in [6.45, 7) is 4.91. The minimum Gasteiger partial charge on any atom is -0.340 e. The molecule has 0 radical (unpaired) electrons. The fourth-order valence-electron chi connectivity index (χ4n) is 2.07. The van der Waals surface area contributed by atoms with E-state index in [2.05, 4.69) is 28.8 Å². The van der Waals surface area contributed by atoms with Crippen LogP contribution in [0.1, 0.15) is 32.5 Å². The number of nitrogens with zero attached hydrogens (tertiary/aromatic N) is 2. The Balaban J connectivity index is 2.53. The SMILES string of the molecule is CCC(CC)(CN)c1nc2ncccc2[nH]1. The molecule has 0 aliphatic carbocycles. The lowest BCUT2D eigenvalue weighted by atomic mass is 9.82. The lowest BCUT2D eigenvalue weighted by Gasteiger charge is -2.27. The third-order valence-corrected chi connectivity index (χ3v) is 3.50. The van der Waals surface area contributed by atoms with Crippen LogP contribution in [0.2, 0.25) is 0 Å². The average Bonchev–Trinajstić information content (AvgIpc) is 2.76. The van der Waals surface area contributed by atoms with Gasteiger partial charge in [-0.1, -0.05) is 13.8 Å². The Labute approximate surface area is 95.3 Å². The quantitative estimate of drug-likeness (QED) is 0.824. The standard InChI is InChI=1S/C12H18N4/c1-3-12(4-2,8-13)11-15-9-6-5-7-14-10(9)16-11/h5-7H,3-4,8,13H2,1-2H3,(H,14,15,16). The highest BCUT2D eigenvalue weighted by Crippen LogP contribution is 2.29. The van der Waals surface area contributed by atoms with E-state index in [1.54, 1.807) is 6.20 Å². The van der Waals surface area contributed by atoms with E-state index >= 15 is 0 Å². The molecular weight excluding hydrogens is 200 g/mol. The zero-order valence-electron chi connectivity index (χ0n) is 9.83. The number of aromatic amines is 1. The van der Waals surface area contributed by atoms with Gasteiger partial charge in [-0.25, -0.2) is 9.97 Å². The van der Waals surface area contributed by atoms with Crippen LogP contribution in [0.15, 0.2) is 18.3 Å². The molecule has 2 aromatic heterocycles. The summed E-state index contributed by atoms with van der Waals surface area (Å²) in [6, 6.07) is 3.90. The zero-order valence-corrected chi connectivity index (χ0v) is 9.83. The second-order valence-corrected chi connectivity index (χ2v) is 4.15.